The lowest BCUT2D eigenvalue weighted by molar-refractivity contribution is -0.143. The van der Waals surface area contributed by atoms with E-state index in [9.17, 15) is 18.0 Å². The maximum atomic E-state index is 13.8. The predicted molar refractivity (Wildman–Crippen MR) is 98.2 cm³/mol. The van der Waals surface area contributed by atoms with Gasteiger partial charge < -0.3 is 10.6 Å². The van der Waals surface area contributed by atoms with Gasteiger partial charge >= 0.3 is 6.18 Å². The van der Waals surface area contributed by atoms with Gasteiger partial charge in [0.05, 0.1) is 17.4 Å². The van der Waals surface area contributed by atoms with E-state index in [4.69, 9.17) is 5.73 Å². The molecule has 9 heteroatoms. The van der Waals surface area contributed by atoms with E-state index < -0.39 is 23.3 Å². The molecule has 3 rings (SSSR count). The molecule has 0 bridgehead atoms. The standard InChI is InChI=1S/C18H21F3N4O.ClH/c1-11-5-3-4-6-15(11)25-16(18(19,20)21)14(9-23-25)17(26)24-10-13(8-22)7-12(24)2;/h3-6,9,12-13H,7-8,10,22H2,1-2H3;1H. The molecule has 0 saturated carbocycles. The summed E-state index contributed by atoms with van der Waals surface area (Å²) in [6.45, 7) is 4.30. The van der Waals surface area contributed by atoms with Gasteiger partial charge in [0.15, 0.2) is 5.69 Å². The molecule has 1 aliphatic rings. The quantitative estimate of drug-likeness (QED) is 0.855. The summed E-state index contributed by atoms with van der Waals surface area (Å²) in [7, 11) is 0. The third-order valence-electron chi connectivity index (χ3n) is 4.87. The van der Waals surface area contributed by atoms with Crippen molar-refractivity contribution in [1.29, 1.82) is 0 Å². The van der Waals surface area contributed by atoms with Crippen LogP contribution in [-0.4, -0.2) is 39.7 Å². The van der Waals surface area contributed by atoms with Crippen molar-refractivity contribution in [1.82, 2.24) is 14.7 Å². The zero-order valence-electron chi connectivity index (χ0n) is 15.0. The summed E-state index contributed by atoms with van der Waals surface area (Å²) in [6, 6.07) is 6.47. The number of rotatable bonds is 3. The van der Waals surface area contributed by atoms with Crippen molar-refractivity contribution in [2.24, 2.45) is 11.7 Å². The molecular weight excluding hydrogens is 381 g/mol. The predicted octanol–water partition coefficient (Wildman–Crippen LogP) is 3.43. The summed E-state index contributed by atoms with van der Waals surface area (Å²) in [4.78, 5) is 14.3. The van der Waals surface area contributed by atoms with Gasteiger partial charge in [0, 0.05) is 12.6 Å². The highest BCUT2D eigenvalue weighted by Crippen LogP contribution is 2.36. The maximum absolute atomic E-state index is 13.8. The van der Waals surface area contributed by atoms with Crippen LogP contribution in [0.4, 0.5) is 13.2 Å². The normalized spacial score (nSPS) is 19.9. The third kappa shape index (κ3) is 3.96. The fraction of sp³-hybridized carbons (Fsp3) is 0.444. The Morgan fingerprint density at radius 1 is 1.33 bits per heavy atom. The Kier molecular flexibility index (Phi) is 6.21. The highest BCUT2D eigenvalue weighted by molar-refractivity contribution is 5.96. The lowest BCUT2D eigenvalue weighted by Crippen LogP contribution is -2.35. The molecule has 0 aliphatic carbocycles. The van der Waals surface area contributed by atoms with Crippen molar-refractivity contribution in [3.63, 3.8) is 0 Å². The number of carbonyl (C=O) groups is 1. The van der Waals surface area contributed by atoms with Crippen LogP contribution in [0.5, 0.6) is 0 Å². The second-order valence-corrected chi connectivity index (χ2v) is 6.75. The molecule has 5 nitrogen and oxygen atoms in total. The molecule has 1 saturated heterocycles. The van der Waals surface area contributed by atoms with Crippen LogP contribution in [0, 0.1) is 12.8 Å². The number of benzene rings is 1. The lowest BCUT2D eigenvalue weighted by atomic mass is 10.1. The lowest BCUT2D eigenvalue weighted by Gasteiger charge is -2.22. The van der Waals surface area contributed by atoms with Gasteiger partial charge in [-0.15, -0.1) is 12.4 Å². The number of para-hydroxylation sites is 1. The van der Waals surface area contributed by atoms with Crippen molar-refractivity contribution < 1.29 is 18.0 Å². The number of nitrogens with two attached hydrogens (primary N) is 1. The zero-order chi connectivity index (χ0) is 19.1. The van der Waals surface area contributed by atoms with Gasteiger partial charge in [0.25, 0.3) is 5.91 Å². The van der Waals surface area contributed by atoms with Crippen LogP contribution in [0.15, 0.2) is 30.5 Å². The summed E-state index contributed by atoms with van der Waals surface area (Å²) in [5.74, 6) is -0.546. The van der Waals surface area contributed by atoms with Gasteiger partial charge in [-0.25, -0.2) is 4.68 Å². The first kappa shape index (κ1) is 21.2. The summed E-state index contributed by atoms with van der Waals surface area (Å²) >= 11 is 0. The summed E-state index contributed by atoms with van der Waals surface area (Å²) < 4.78 is 42.2. The Morgan fingerprint density at radius 3 is 2.56 bits per heavy atom. The Balaban J connectivity index is 0.00000261. The molecule has 2 unspecified atom stereocenters. The molecule has 1 fully saturated rings. The number of alkyl halides is 3. The number of aryl methyl sites for hydroxylation is 1. The van der Waals surface area contributed by atoms with Crippen LogP contribution < -0.4 is 5.73 Å². The number of amides is 1. The molecule has 0 spiro atoms. The van der Waals surface area contributed by atoms with Crippen LogP contribution in [0.25, 0.3) is 5.69 Å². The monoisotopic (exact) mass is 402 g/mol. The minimum Gasteiger partial charge on any atom is -0.335 e. The molecule has 1 aliphatic heterocycles. The summed E-state index contributed by atoms with van der Waals surface area (Å²) in [5, 5.41) is 3.89. The Labute approximate surface area is 161 Å². The van der Waals surface area contributed by atoms with Crippen LogP contribution >= 0.6 is 12.4 Å². The van der Waals surface area contributed by atoms with Crippen LogP contribution in [-0.2, 0) is 6.18 Å². The van der Waals surface area contributed by atoms with E-state index in [1.165, 1.54) is 4.90 Å². The van der Waals surface area contributed by atoms with E-state index in [1.54, 1.807) is 31.2 Å². The average molecular weight is 403 g/mol. The number of nitrogens with zero attached hydrogens (tertiary/aromatic N) is 3. The molecule has 2 atom stereocenters. The summed E-state index contributed by atoms with van der Waals surface area (Å²) in [5.41, 5.74) is 5.13. The van der Waals surface area contributed by atoms with Crippen molar-refractivity contribution in [3.05, 3.63) is 47.3 Å². The molecule has 0 radical (unpaired) electrons. The molecule has 2 heterocycles. The molecular formula is C18H22ClF3N4O. The van der Waals surface area contributed by atoms with Crippen LogP contribution in [0.1, 0.15) is 35.0 Å². The molecule has 1 aromatic carbocycles. The second-order valence-electron chi connectivity index (χ2n) is 6.75. The van der Waals surface area contributed by atoms with Gasteiger partial charge in [-0.1, -0.05) is 18.2 Å². The first-order valence-electron chi connectivity index (χ1n) is 8.46. The van der Waals surface area contributed by atoms with E-state index in [0.717, 1.165) is 10.9 Å². The fourth-order valence-electron chi connectivity index (χ4n) is 3.51. The van der Waals surface area contributed by atoms with E-state index in [0.29, 0.717) is 30.8 Å². The van der Waals surface area contributed by atoms with E-state index >= 15 is 0 Å². The van der Waals surface area contributed by atoms with E-state index in [-0.39, 0.29) is 24.4 Å². The number of carbonyl (C=O) groups excluding carboxylic acids is 1. The zero-order valence-corrected chi connectivity index (χ0v) is 15.8. The Morgan fingerprint density at radius 2 is 2.00 bits per heavy atom. The maximum Gasteiger partial charge on any atom is 0.434 e. The number of likely N-dealkylation sites (tertiary alicyclic amines) is 1. The highest BCUT2D eigenvalue weighted by atomic mass is 35.5. The SMILES string of the molecule is Cc1ccccc1-n1ncc(C(=O)N2CC(CN)CC2C)c1C(F)(F)F.Cl. The number of hydrogen-bond donors (Lipinski definition) is 1. The van der Waals surface area contributed by atoms with E-state index in [1.807, 2.05) is 6.92 Å². The fourth-order valence-corrected chi connectivity index (χ4v) is 3.51. The minimum atomic E-state index is -4.71. The molecule has 2 N–H and O–H groups in total. The number of hydrogen-bond acceptors (Lipinski definition) is 3. The van der Waals surface area contributed by atoms with Crippen molar-refractivity contribution in [2.75, 3.05) is 13.1 Å². The molecule has 27 heavy (non-hydrogen) atoms. The Hall–Kier alpha value is -2.06. The number of halogens is 4. The van der Waals surface area contributed by atoms with E-state index in [2.05, 4.69) is 5.10 Å². The molecule has 1 amide bonds. The second kappa shape index (κ2) is 7.90. The van der Waals surface area contributed by atoms with Crippen molar-refractivity contribution in [3.8, 4) is 5.69 Å². The topological polar surface area (TPSA) is 64.2 Å². The van der Waals surface area contributed by atoms with Gasteiger partial charge in [0.2, 0.25) is 0 Å². The molecule has 1 aromatic heterocycles. The van der Waals surface area contributed by atoms with Crippen LogP contribution in [0.2, 0.25) is 0 Å². The van der Waals surface area contributed by atoms with Gasteiger partial charge in [-0.2, -0.15) is 18.3 Å². The smallest absolute Gasteiger partial charge is 0.335 e. The Bertz CT molecular complexity index is 821. The van der Waals surface area contributed by atoms with Crippen LogP contribution in [0.3, 0.4) is 0 Å². The average Bonchev–Trinajstić information content (AvgIpc) is 3.18. The first-order valence-corrected chi connectivity index (χ1v) is 8.46. The highest BCUT2D eigenvalue weighted by Gasteiger charge is 2.43. The van der Waals surface area contributed by atoms with Gasteiger partial charge in [0.1, 0.15) is 0 Å². The number of aromatic nitrogens is 2. The molecule has 148 valence electrons. The van der Waals surface area contributed by atoms with Gasteiger partial charge in [-0.05, 0) is 44.4 Å². The minimum absolute atomic E-state index is 0. The van der Waals surface area contributed by atoms with Gasteiger partial charge in [-0.3, -0.25) is 4.79 Å². The van der Waals surface area contributed by atoms with Crippen molar-refractivity contribution >= 4 is 18.3 Å². The molecule has 2 aromatic rings. The van der Waals surface area contributed by atoms with Crippen molar-refractivity contribution in [2.45, 2.75) is 32.5 Å². The summed E-state index contributed by atoms with van der Waals surface area (Å²) in [6.07, 6.45) is -3.00. The largest absolute Gasteiger partial charge is 0.434 e. The first-order chi connectivity index (χ1) is 12.2. The third-order valence-corrected chi connectivity index (χ3v) is 4.87.